The second-order valence-corrected chi connectivity index (χ2v) is 5.19. The monoisotopic (exact) mass is 288 g/mol. The van der Waals surface area contributed by atoms with Gasteiger partial charge in [-0.25, -0.2) is 0 Å². The number of aliphatic hydroxyl groups excluding tert-OH is 1. The second-order valence-electron chi connectivity index (χ2n) is 5.19. The van der Waals surface area contributed by atoms with Crippen molar-refractivity contribution < 1.29 is 9.84 Å². The van der Waals surface area contributed by atoms with Crippen LogP contribution in [0.25, 0.3) is 0 Å². The molecule has 4 nitrogen and oxygen atoms in total. The third-order valence-corrected chi connectivity index (χ3v) is 3.62. The Morgan fingerprint density at radius 3 is 2.76 bits per heavy atom. The first-order chi connectivity index (χ1) is 10.2. The van der Waals surface area contributed by atoms with Crippen molar-refractivity contribution >= 4 is 0 Å². The number of benzene rings is 1. The molecule has 0 amide bonds. The largest absolute Gasteiger partial charge is 0.388 e. The summed E-state index contributed by atoms with van der Waals surface area (Å²) in [7, 11) is 1.68. The quantitative estimate of drug-likeness (QED) is 0.852. The third-order valence-electron chi connectivity index (χ3n) is 3.62. The van der Waals surface area contributed by atoms with Crippen molar-refractivity contribution in [1.82, 2.24) is 9.78 Å². The summed E-state index contributed by atoms with van der Waals surface area (Å²) in [6.45, 7) is 5.55. The number of rotatable bonds is 7. The van der Waals surface area contributed by atoms with Crippen molar-refractivity contribution in [2.75, 3.05) is 7.11 Å². The van der Waals surface area contributed by atoms with Crippen LogP contribution in [0.15, 0.2) is 30.3 Å². The average molecular weight is 288 g/mol. The minimum atomic E-state index is -0.520. The predicted octanol–water partition coefficient (Wildman–Crippen LogP) is 2.89. The van der Waals surface area contributed by atoms with Gasteiger partial charge in [-0.15, -0.1) is 0 Å². The van der Waals surface area contributed by atoms with Crippen molar-refractivity contribution in [2.24, 2.45) is 0 Å². The van der Waals surface area contributed by atoms with Crippen LogP contribution >= 0.6 is 0 Å². The molecule has 0 spiro atoms. The van der Waals surface area contributed by atoms with Gasteiger partial charge < -0.3 is 9.84 Å². The van der Waals surface area contributed by atoms with E-state index in [0.717, 1.165) is 35.5 Å². The fourth-order valence-electron chi connectivity index (χ4n) is 2.50. The van der Waals surface area contributed by atoms with Gasteiger partial charge in [0.05, 0.1) is 18.4 Å². The van der Waals surface area contributed by atoms with E-state index in [1.807, 2.05) is 28.9 Å². The van der Waals surface area contributed by atoms with E-state index in [1.54, 1.807) is 7.11 Å². The first-order valence-corrected chi connectivity index (χ1v) is 7.49. The molecule has 4 heteroatoms. The number of aryl methyl sites for hydroxylation is 2. The molecule has 0 aliphatic carbocycles. The highest BCUT2D eigenvalue weighted by molar-refractivity contribution is 5.26. The summed E-state index contributed by atoms with van der Waals surface area (Å²) in [5, 5.41) is 15.0. The van der Waals surface area contributed by atoms with E-state index in [1.165, 1.54) is 0 Å². The molecule has 2 rings (SSSR count). The summed E-state index contributed by atoms with van der Waals surface area (Å²) in [5.41, 5.74) is 4.16. The van der Waals surface area contributed by atoms with Gasteiger partial charge >= 0.3 is 0 Å². The van der Waals surface area contributed by atoms with Gasteiger partial charge in [0, 0.05) is 25.8 Å². The summed E-state index contributed by atoms with van der Waals surface area (Å²) < 4.78 is 7.11. The Morgan fingerprint density at radius 1 is 1.29 bits per heavy atom. The smallest absolute Gasteiger partial charge is 0.0845 e. The Hall–Kier alpha value is -1.65. The highest BCUT2D eigenvalue weighted by Crippen LogP contribution is 2.20. The van der Waals surface area contributed by atoms with E-state index in [9.17, 15) is 5.11 Å². The van der Waals surface area contributed by atoms with Crippen LogP contribution in [0.1, 0.15) is 42.5 Å². The molecule has 1 aromatic heterocycles. The third kappa shape index (κ3) is 3.93. The first kappa shape index (κ1) is 15.7. The summed E-state index contributed by atoms with van der Waals surface area (Å²) >= 11 is 0. The lowest BCUT2D eigenvalue weighted by molar-refractivity contribution is 0.172. The normalized spacial score (nSPS) is 12.6. The zero-order valence-electron chi connectivity index (χ0n) is 13.0. The van der Waals surface area contributed by atoms with E-state index < -0.39 is 6.10 Å². The number of hydrogen-bond acceptors (Lipinski definition) is 3. The van der Waals surface area contributed by atoms with E-state index in [4.69, 9.17) is 4.74 Å². The van der Waals surface area contributed by atoms with Crippen LogP contribution in [0.4, 0.5) is 0 Å². The highest BCUT2D eigenvalue weighted by atomic mass is 16.5. The fourth-order valence-corrected chi connectivity index (χ4v) is 2.50. The van der Waals surface area contributed by atoms with Crippen molar-refractivity contribution in [2.45, 2.75) is 45.9 Å². The molecule has 0 fully saturated rings. The SMILES string of the molecule is CCc1cc(CC(O)c2cccc(COC)c2)n(CC)n1. The van der Waals surface area contributed by atoms with E-state index in [2.05, 4.69) is 25.0 Å². The van der Waals surface area contributed by atoms with Gasteiger partial charge in [-0.3, -0.25) is 4.68 Å². The van der Waals surface area contributed by atoms with Gasteiger partial charge in [-0.1, -0.05) is 31.2 Å². The van der Waals surface area contributed by atoms with E-state index >= 15 is 0 Å². The molecule has 0 aliphatic heterocycles. The molecule has 0 aliphatic rings. The van der Waals surface area contributed by atoms with Gasteiger partial charge in [-0.2, -0.15) is 5.10 Å². The zero-order valence-corrected chi connectivity index (χ0v) is 13.0. The van der Waals surface area contributed by atoms with E-state index in [-0.39, 0.29) is 0 Å². The van der Waals surface area contributed by atoms with Gasteiger partial charge in [0.2, 0.25) is 0 Å². The molecule has 1 aromatic carbocycles. The summed E-state index contributed by atoms with van der Waals surface area (Å²) in [6, 6.07) is 10.0. The number of hydrogen-bond donors (Lipinski definition) is 1. The van der Waals surface area contributed by atoms with Crippen LogP contribution in [-0.4, -0.2) is 22.0 Å². The van der Waals surface area contributed by atoms with Crippen LogP contribution in [0.2, 0.25) is 0 Å². The van der Waals surface area contributed by atoms with E-state index in [0.29, 0.717) is 13.0 Å². The predicted molar refractivity (Wildman–Crippen MR) is 83.1 cm³/mol. The molecular formula is C17H24N2O2. The Bertz CT molecular complexity index is 578. The zero-order chi connectivity index (χ0) is 15.2. The van der Waals surface area contributed by atoms with Crippen molar-refractivity contribution in [3.05, 3.63) is 52.8 Å². The van der Waals surface area contributed by atoms with Gasteiger partial charge in [0.25, 0.3) is 0 Å². The number of aliphatic hydroxyl groups is 1. The summed E-state index contributed by atoms with van der Waals surface area (Å²) in [6.07, 6.45) is 0.977. The van der Waals surface area contributed by atoms with Crippen LogP contribution < -0.4 is 0 Å². The molecule has 2 aromatic rings. The van der Waals surface area contributed by atoms with Crippen molar-refractivity contribution in [3.8, 4) is 0 Å². The minimum Gasteiger partial charge on any atom is -0.388 e. The lowest BCUT2D eigenvalue weighted by Crippen LogP contribution is -2.08. The average Bonchev–Trinajstić information content (AvgIpc) is 2.90. The van der Waals surface area contributed by atoms with Crippen LogP contribution in [0.5, 0.6) is 0 Å². The molecule has 1 heterocycles. The maximum absolute atomic E-state index is 10.5. The lowest BCUT2D eigenvalue weighted by Gasteiger charge is -2.13. The standard InChI is InChI=1S/C17H24N2O2/c1-4-15-10-16(19(5-2)18-15)11-17(20)14-8-6-7-13(9-14)12-21-3/h6-10,17,20H,4-5,11-12H2,1-3H3. The number of methoxy groups -OCH3 is 1. The Kier molecular flexibility index (Phi) is 5.53. The van der Waals surface area contributed by atoms with Crippen LogP contribution in [0, 0.1) is 0 Å². The maximum Gasteiger partial charge on any atom is 0.0845 e. The molecule has 0 radical (unpaired) electrons. The number of aromatic nitrogens is 2. The minimum absolute atomic E-state index is 0.520. The fraction of sp³-hybridized carbons (Fsp3) is 0.471. The van der Waals surface area contributed by atoms with Crippen LogP contribution in [-0.2, 0) is 30.7 Å². The van der Waals surface area contributed by atoms with Crippen molar-refractivity contribution in [3.63, 3.8) is 0 Å². The van der Waals surface area contributed by atoms with Gasteiger partial charge in [-0.05, 0) is 30.5 Å². The molecule has 0 bridgehead atoms. The molecule has 0 saturated carbocycles. The van der Waals surface area contributed by atoms with Gasteiger partial charge in [0.15, 0.2) is 0 Å². The second kappa shape index (κ2) is 7.38. The van der Waals surface area contributed by atoms with Crippen LogP contribution in [0.3, 0.4) is 0 Å². The molecular weight excluding hydrogens is 264 g/mol. The first-order valence-electron chi connectivity index (χ1n) is 7.49. The maximum atomic E-state index is 10.5. The molecule has 21 heavy (non-hydrogen) atoms. The molecule has 1 N–H and O–H groups in total. The number of ether oxygens (including phenoxy) is 1. The molecule has 0 saturated heterocycles. The Balaban J connectivity index is 2.15. The topological polar surface area (TPSA) is 47.3 Å². The summed E-state index contributed by atoms with van der Waals surface area (Å²) in [4.78, 5) is 0. The van der Waals surface area contributed by atoms with Crippen molar-refractivity contribution in [1.29, 1.82) is 0 Å². The lowest BCUT2D eigenvalue weighted by atomic mass is 10.0. The van der Waals surface area contributed by atoms with Gasteiger partial charge in [0.1, 0.15) is 0 Å². The highest BCUT2D eigenvalue weighted by Gasteiger charge is 2.13. The number of nitrogens with zero attached hydrogens (tertiary/aromatic N) is 2. The molecule has 1 atom stereocenters. The Morgan fingerprint density at radius 2 is 2.10 bits per heavy atom. The molecule has 114 valence electrons. The Labute approximate surface area is 126 Å². The summed E-state index contributed by atoms with van der Waals surface area (Å²) in [5.74, 6) is 0. The molecule has 1 unspecified atom stereocenters.